The monoisotopic (exact) mass is 437 g/mol. The molecule has 4 nitrogen and oxygen atoms in total. The number of benzene rings is 2. The van der Waals surface area contributed by atoms with Crippen LogP contribution in [0.5, 0.6) is 0 Å². The highest BCUT2D eigenvalue weighted by Crippen LogP contribution is 2.32. The van der Waals surface area contributed by atoms with E-state index in [0.29, 0.717) is 11.6 Å². The number of amides is 1. The molecule has 2 aromatic carbocycles. The lowest BCUT2D eigenvalue weighted by atomic mass is 10.1. The number of carbonyl (C=O) groups excluding carboxylic acids is 1. The maximum absolute atomic E-state index is 13.1. The number of carbonyl (C=O) groups is 1. The molecule has 0 bridgehead atoms. The van der Waals surface area contributed by atoms with Crippen LogP contribution < -0.4 is 4.90 Å². The Morgan fingerprint density at radius 3 is 2.50 bits per heavy atom. The van der Waals surface area contributed by atoms with Crippen LogP contribution in [0.4, 0.5) is 5.13 Å². The van der Waals surface area contributed by atoms with Crippen molar-refractivity contribution in [2.24, 2.45) is 0 Å². The van der Waals surface area contributed by atoms with Gasteiger partial charge in [-0.25, -0.2) is 4.98 Å². The van der Waals surface area contributed by atoms with Gasteiger partial charge in [0.25, 0.3) is 0 Å². The van der Waals surface area contributed by atoms with E-state index >= 15 is 0 Å². The van der Waals surface area contributed by atoms with Gasteiger partial charge in [0.05, 0.1) is 16.6 Å². The Kier molecular flexibility index (Phi) is 7.84. The number of rotatable bonds is 6. The maximum atomic E-state index is 13.1. The van der Waals surface area contributed by atoms with Crippen LogP contribution in [-0.2, 0) is 11.2 Å². The van der Waals surface area contributed by atoms with Gasteiger partial charge < -0.3 is 4.90 Å². The predicted molar refractivity (Wildman–Crippen MR) is 122 cm³/mol. The Morgan fingerprint density at radius 1 is 1.11 bits per heavy atom. The topological polar surface area (TPSA) is 36.4 Å². The molecule has 28 heavy (non-hydrogen) atoms. The van der Waals surface area contributed by atoms with E-state index in [2.05, 4.69) is 30.9 Å². The number of anilines is 1. The van der Waals surface area contributed by atoms with E-state index in [1.807, 2.05) is 38.4 Å². The molecule has 3 aromatic rings. The first kappa shape index (κ1) is 22.6. The van der Waals surface area contributed by atoms with Gasteiger partial charge in [-0.05, 0) is 56.8 Å². The molecule has 0 atom stereocenters. The Morgan fingerprint density at radius 2 is 1.82 bits per heavy atom. The maximum Gasteiger partial charge on any atom is 0.233 e. The second kappa shape index (κ2) is 9.70. The van der Waals surface area contributed by atoms with Crippen molar-refractivity contribution >= 4 is 56.6 Å². The Hall–Kier alpha value is -1.66. The van der Waals surface area contributed by atoms with Crippen LogP contribution in [0.1, 0.15) is 16.7 Å². The molecule has 0 aliphatic heterocycles. The first-order valence-corrected chi connectivity index (χ1v) is 10.1. The van der Waals surface area contributed by atoms with Crippen LogP contribution in [0.25, 0.3) is 10.2 Å². The van der Waals surface area contributed by atoms with Gasteiger partial charge in [0.15, 0.2) is 5.13 Å². The third-order valence-electron chi connectivity index (χ3n) is 4.68. The lowest BCUT2D eigenvalue weighted by molar-refractivity contribution is -0.118. The third kappa shape index (κ3) is 5.03. The summed E-state index contributed by atoms with van der Waals surface area (Å²) in [5, 5.41) is 1.37. The van der Waals surface area contributed by atoms with Crippen LogP contribution in [0.2, 0.25) is 5.02 Å². The molecule has 0 fully saturated rings. The Bertz CT molecular complexity index is 971. The summed E-state index contributed by atoms with van der Waals surface area (Å²) in [6.45, 7) is 5.52. The molecule has 1 aromatic heterocycles. The number of aromatic nitrogens is 1. The molecule has 0 unspecified atom stereocenters. The average molecular weight is 438 g/mol. The highest BCUT2D eigenvalue weighted by atomic mass is 35.5. The predicted octanol–water partition coefficient (Wildman–Crippen LogP) is 5.13. The number of fused-ring (bicyclic) bond motifs is 1. The zero-order valence-electron chi connectivity index (χ0n) is 16.5. The summed E-state index contributed by atoms with van der Waals surface area (Å²) < 4.78 is 1.11. The standard InChI is InChI=1S/C21H24ClN3OS.ClH/c1-14-9-10-18-20(15(14)2)23-21(27-18)25(12-11-24(3)4)19(26)13-16-7-5-6-8-17(16)22;/h5-10H,11-13H2,1-4H3;1H. The van der Waals surface area contributed by atoms with Crippen molar-refractivity contribution < 1.29 is 4.79 Å². The van der Waals surface area contributed by atoms with E-state index < -0.39 is 0 Å². The molecular formula is C21H25Cl2N3OS. The van der Waals surface area contributed by atoms with Crippen LogP contribution in [-0.4, -0.2) is 43.0 Å². The molecule has 1 heterocycles. The smallest absolute Gasteiger partial charge is 0.233 e. The minimum absolute atomic E-state index is 0. The summed E-state index contributed by atoms with van der Waals surface area (Å²) in [4.78, 5) is 21.8. The summed E-state index contributed by atoms with van der Waals surface area (Å²) in [5.74, 6) is 0.0124. The van der Waals surface area contributed by atoms with Crippen molar-refractivity contribution in [2.45, 2.75) is 20.3 Å². The van der Waals surface area contributed by atoms with Crippen molar-refractivity contribution in [1.29, 1.82) is 0 Å². The van der Waals surface area contributed by atoms with E-state index in [1.165, 1.54) is 11.1 Å². The lowest BCUT2D eigenvalue weighted by Crippen LogP contribution is -2.37. The molecule has 0 saturated heterocycles. The van der Waals surface area contributed by atoms with Gasteiger partial charge in [0.2, 0.25) is 5.91 Å². The van der Waals surface area contributed by atoms with Gasteiger partial charge in [-0.3, -0.25) is 9.69 Å². The van der Waals surface area contributed by atoms with Crippen molar-refractivity contribution in [3.8, 4) is 0 Å². The molecular weight excluding hydrogens is 413 g/mol. The minimum atomic E-state index is 0. The Balaban J connectivity index is 0.00000280. The van der Waals surface area contributed by atoms with E-state index in [4.69, 9.17) is 16.6 Å². The van der Waals surface area contributed by atoms with Crippen LogP contribution in [0.15, 0.2) is 36.4 Å². The minimum Gasteiger partial charge on any atom is -0.308 e. The zero-order valence-corrected chi connectivity index (χ0v) is 18.9. The number of thiazole rings is 1. The normalized spacial score (nSPS) is 10.9. The molecule has 150 valence electrons. The molecule has 3 rings (SSSR count). The van der Waals surface area contributed by atoms with Gasteiger partial charge in [-0.15, -0.1) is 12.4 Å². The first-order chi connectivity index (χ1) is 12.9. The van der Waals surface area contributed by atoms with Crippen molar-refractivity contribution in [2.75, 3.05) is 32.1 Å². The summed E-state index contributed by atoms with van der Waals surface area (Å²) in [7, 11) is 4.01. The Labute approximate surface area is 181 Å². The fraction of sp³-hybridized carbons (Fsp3) is 0.333. The average Bonchev–Trinajstić information content (AvgIpc) is 3.05. The molecule has 0 N–H and O–H groups in total. The van der Waals surface area contributed by atoms with Crippen molar-refractivity contribution in [1.82, 2.24) is 9.88 Å². The fourth-order valence-electron chi connectivity index (χ4n) is 2.86. The van der Waals surface area contributed by atoms with E-state index in [1.54, 1.807) is 16.2 Å². The SMILES string of the molecule is Cc1ccc2sc(N(CCN(C)C)C(=O)Cc3ccccc3Cl)nc2c1C.Cl. The third-order valence-corrected chi connectivity index (χ3v) is 6.09. The summed E-state index contributed by atoms with van der Waals surface area (Å²) >= 11 is 7.82. The molecule has 0 radical (unpaired) electrons. The van der Waals surface area contributed by atoms with Gasteiger partial charge >= 0.3 is 0 Å². The molecule has 7 heteroatoms. The number of likely N-dealkylation sites (N-methyl/N-ethyl adjacent to an activating group) is 1. The zero-order chi connectivity index (χ0) is 19.6. The number of halogens is 2. The highest BCUT2D eigenvalue weighted by molar-refractivity contribution is 7.22. The largest absolute Gasteiger partial charge is 0.308 e. The molecule has 0 aliphatic carbocycles. The fourth-order valence-corrected chi connectivity index (χ4v) is 4.13. The lowest BCUT2D eigenvalue weighted by Gasteiger charge is -2.22. The molecule has 0 aliphatic rings. The van der Waals surface area contributed by atoms with Crippen molar-refractivity contribution in [3.63, 3.8) is 0 Å². The van der Waals surface area contributed by atoms with Gasteiger partial charge in [0.1, 0.15) is 0 Å². The summed E-state index contributed by atoms with van der Waals surface area (Å²) in [5.41, 5.74) is 4.20. The van der Waals surface area contributed by atoms with Crippen LogP contribution in [0.3, 0.4) is 0 Å². The van der Waals surface area contributed by atoms with Crippen molar-refractivity contribution in [3.05, 3.63) is 58.1 Å². The first-order valence-electron chi connectivity index (χ1n) is 8.92. The van der Waals surface area contributed by atoms with E-state index in [-0.39, 0.29) is 24.7 Å². The van der Waals surface area contributed by atoms with E-state index in [0.717, 1.165) is 27.5 Å². The second-order valence-electron chi connectivity index (χ2n) is 6.97. The van der Waals surface area contributed by atoms with Gasteiger partial charge in [-0.2, -0.15) is 0 Å². The molecule has 0 spiro atoms. The second-order valence-corrected chi connectivity index (χ2v) is 8.38. The van der Waals surface area contributed by atoms with Gasteiger partial charge in [0, 0.05) is 18.1 Å². The van der Waals surface area contributed by atoms with Crippen LogP contribution in [0, 0.1) is 13.8 Å². The highest BCUT2D eigenvalue weighted by Gasteiger charge is 2.21. The number of aryl methyl sites for hydroxylation is 2. The van der Waals surface area contributed by atoms with E-state index in [9.17, 15) is 4.79 Å². The van der Waals surface area contributed by atoms with Crippen LogP contribution >= 0.6 is 35.3 Å². The molecule has 0 saturated carbocycles. The molecule has 1 amide bonds. The quantitative estimate of drug-likeness (QED) is 0.536. The number of hydrogen-bond acceptors (Lipinski definition) is 4. The van der Waals surface area contributed by atoms with Gasteiger partial charge in [-0.1, -0.05) is 47.2 Å². The number of nitrogens with zero attached hydrogens (tertiary/aromatic N) is 3. The number of hydrogen-bond donors (Lipinski definition) is 0. The summed E-state index contributed by atoms with van der Waals surface area (Å²) in [6, 6.07) is 11.7. The summed E-state index contributed by atoms with van der Waals surface area (Å²) in [6.07, 6.45) is 0.265.